The molecule has 0 saturated carbocycles. The zero-order chi connectivity index (χ0) is 15.2. The first-order valence-electron chi connectivity index (χ1n) is 7.19. The van der Waals surface area contributed by atoms with Gasteiger partial charge in [0.25, 0.3) is 0 Å². The van der Waals surface area contributed by atoms with Crippen LogP contribution in [0.1, 0.15) is 44.0 Å². The Bertz CT molecular complexity index is 581. The van der Waals surface area contributed by atoms with Gasteiger partial charge < -0.3 is 4.74 Å². The van der Waals surface area contributed by atoms with Crippen LogP contribution < -0.4 is 4.74 Å². The van der Waals surface area contributed by atoms with E-state index < -0.39 is 0 Å². The molecule has 0 spiro atoms. The molecule has 1 aromatic carbocycles. The molecule has 1 heterocycles. The van der Waals surface area contributed by atoms with Gasteiger partial charge in [-0.3, -0.25) is 4.68 Å². The van der Waals surface area contributed by atoms with Crippen molar-refractivity contribution < 1.29 is 4.74 Å². The highest BCUT2D eigenvalue weighted by Crippen LogP contribution is 2.24. The monoisotopic (exact) mass is 370 g/mol. The molecule has 21 heavy (non-hydrogen) atoms. The normalized spacial score (nSPS) is 11.1. The van der Waals surface area contributed by atoms with Gasteiger partial charge in [0.2, 0.25) is 0 Å². The van der Waals surface area contributed by atoms with Gasteiger partial charge >= 0.3 is 0 Å². The largest absolute Gasteiger partial charge is 0.487 e. The summed E-state index contributed by atoms with van der Waals surface area (Å²) < 4.78 is 8.83. The van der Waals surface area contributed by atoms with Crippen molar-refractivity contribution in [2.24, 2.45) is 0 Å². The van der Waals surface area contributed by atoms with Crippen LogP contribution in [0.15, 0.2) is 34.9 Å². The van der Waals surface area contributed by atoms with Crippen molar-refractivity contribution >= 4 is 27.5 Å². The summed E-state index contributed by atoms with van der Waals surface area (Å²) in [5.74, 6) is 1.27. The molecule has 0 amide bonds. The standard InChI is InChI=1S/C16H20BrClN2O/c1-3-14(4-2)20-8-7-13(19-20)11-21-15-5-6-16(17)12(9-15)10-18/h5-9,14H,3-4,10-11H2,1-2H3. The molecule has 0 N–H and O–H groups in total. The third-order valence-electron chi connectivity index (χ3n) is 3.53. The van der Waals surface area contributed by atoms with Crippen molar-refractivity contribution in [2.45, 2.75) is 45.2 Å². The second kappa shape index (κ2) is 7.85. The SMILES string of the molecule is CCC(CC)n1ccc(COc2ccc(Br)c(CCl)c2)n1. The van der Waals surface area contributed by atoms with Crippen molar-refractivity contribution in [3.63, 3.8) is 0 Å². The zero-order valence-electron chi connectivity index (χ0n) is 12.4. The number of alkyl halides is 1. The third-order valence-corrected chi connectivity index (χ3v) is 4.59. The van der Waals surface area contributed by atoms with Crippen LogP contribution in [0.25, 0.3) is 0 Å². The maximum Gasteiger partial charge on any atom is 0.132 e. The molecule has 0 unspecified atom stereocenters. The van der Waals surface area contributed by atoms with Crippen molar-refractivity contribution in [3.8, 4) is 5.75 Å². The topological polar surface area (TPSA) is 27.1 Å². The fraction of sp³-hybridized carbons (Fsp3) is 0.438. The number of hydrogen-bond acceptors (Lipinski definition) is 2. The Labute approximate surface area is 139 Å². The fourth-order valence-corrected chi connectivity index (χ4v) is 2.99. The van der Waals surface area contributed by atoms with Gasteiger partial charge in [0.05, 0.1) is 11.7 Å². The molecule has 0 aliphatic rings. The molecule has 0 aliphatic carbocycles. The summed E-state index contributed by atoms with van der Waals surface area (Å²) in [6.07, 6.45) is 4.21. The fourth-order valence-electron chi connectivity index (χ4n) is 2.22. The van der Waals surface area contributed by atoms with Crippen LogP contribution in [-0.2, 0) is 12.5 Å². The summed E-state index contributed by atoms with van der Waals surface area (Å²) in [6.45, 7) is 4.83. The van der Waals surface area contributed by atoms with Crippen molar-refractivity contribution in [1.82, 2.24) is 9.78 Å². The van der Waals surface area contributed by atoms with E-state index in [0.29, 0.717) is 18.5 Å². The number of halogens is 2. The van der Waals surface area contributed by atoms with E-state index in [1.165, 1.54) is 0 Å². The molecule has 114 valence electrons. The second-order valence-corrected chi connectivity index (χ2v) is 6.05. The maximum absolute atomic E-state index is 5.89. The van der Waals surface area contributed by atoms with E-state index in [1.54, 1.807) is 0 Å². The van der Waals surface area contributed by atoms with Crippen LogP contribution in [0, 0.1) is 0 Å². The molecule has 0 aliphatic heterocycles. The molecular weight excluding hydrogens is 352 g/mol. The average molecular weight is 372 g/mol. The van der Waals surface area contributed by atoms with Crippen molar-refractivity contribution in [2.75, 3.05) is 0 Å². The van der Waals surface area contributed by atoms with E-state index in [0.717, 1.165) is 34.3 Å². The first kappa shape index (κ1) is 16.4. The van der Waals surface area contributed by atoms with Crippen LogP contribution in [0.2, 0.25) is 0 Å². The van der Waals surface area contributed by atoms with Gasteiger partial charge in [-0.2, -0.15) is 5.10 Å². The molecule has 0 radical (unpaired) electrons. The van der Waals surface area contributed by atoms with Gasteiger partial charge in [-0.15, -0.1) is 11.6 Å². The van der Waals surface area contributed by atoms with Gasteiger partial charge in [0.1, 0.15) is 12.4 Å². The van der Waals surface area contributed by atoms with Crippen LogP contribution in [0.3, 0.4) is 0 Å². The minimum absolute atomic E-state index is 0.459. The first-order valence-corrected chi connectivity index (χ1v) is 8.51. The molecule has 0 atom stereocenters. The molecule has 2 aromatic rings. The minimum Gasteiger partial charge on any atom is -0.487 e. The van der Waals surface area contributed by atoms with Gasteiger partial charge in [-0.1, -0.05) is 29.8 Å². The lowest BCUT2D eigenvalue weighted by molar-refractivity contribution is 0.297. The molecule has 3 nitrogen and oxygen atoms in total. The van der Waals surface area contributed by atoms with Crippen molar-refractivity contribution in [1.29, 1.82) is 0 Å². The summed E-state index contributed by atoms with van der Waals surface area (Å²) in [5.41, 5.74) is 1.97. The number of ether oxygens (including phenoxy) is 1. The molecule has 5 heteroatoms. The number of benzene rings is 1. The average Bonchev–Trinajstić information content (AvgIpc) is 2.96. The van der Waals surface area contributed by atoms with Crippen LogP contribution in [0.5, 0.6) is 5.75 Å². The highest BCUT2D eigenvalue weighted by molar-refractivity contribution is 9.10. The molecule has 0 saturated heterocycles. The summed E-state index contributed by atoms with van der Waals surface area (Å²) in [6, 6.07) is 8.32. The van der Waals surface area contributed by atoms with Crippen LogP contribution in [-0.4, -0.2) is 9.78 Å². The van der Waals surface area contributed by atoms with E-state index in [4.69, 9.17) is 16.3 Å². The van der Waals surface area contributed by atoms with E-state index >= 15 is 0 Å². The summed E-state index contributed by atoms with van der Waals surface area (Å²) in [5, 5.41) is 4.58. The minimum atomic E-state index is 0.459. The van der Waals surface area contributed by atoms with E-state index in [-0.39, 0.29) is 0 Å². The number of nitrogens with zero attached hydrogens (tertiary/aromatic N) is 2. The summed E-state index contributed by atoms with van der Waals surface area (Å²) in [7, 11) is 0. The number of aromatic nitrogens is 2. The van der Waals surface area contributed by atoms with E-state index in [2.05, 4.69) is 34.9 Å². The Morgan fingerprint density at radius 1 is 1.29 bits per heavy atom. The Balaban J connectivity index is 2.00. The van der Waals surface area contributed by atoms with Gasteiger partial charge in [0, 0.05) is 16.5 Å². The van der Waals surface area contributed by atoms with Crippen molar-refractivity contribution in [3.05, 3.63) is 46.2 Å². The molecule has 0 bridgehead atoms. The van der Waals surface area contributed by atoms with Gasteiger partial charge in [-0.05, 0) is 42.7 Å². The van der Waals surface area contributed by atoms with Gasteiger partial charge in [0.15, 0.2) is 0 Å². The lowest BCUT2D eigenvalue weighted by atomic mass is 10.2. The quantitative estimate of drug-likeness (QED) is 0.615. The second-order valence-electron chi connectivity index (χ2n) is 4.93. The highest BCUT2D eigenvalue weighted by atomic mass is 79.9. The van der Waals surface area contributed by atoms with Crippen LogP contribution in [0.4, 0.5) is 0 Å². The highest BCUT2D eigenvalue weighted by Gasteiger charge is 2.08. The van der Waals surface area contributed by atoms with Crippen LogP contribution >= 0.6 is 27.5 Å². The van der Waals surface area contributed by atoms with E-state index in [1.807, 2.05) is 35.1 Å². The molecule has 0 fully saturated rings. The third kappa shape index (κ3) is 4.24. The first-order chi connectivity index (χ1) is 10.2. The Kier molecular flexibility index (Phi) is 6.12. The van der Waals surface area contributed by atoms with E-state index in [9.17, 15) is 0 Å². The molecule has 2 rings (SSSR count). The Morgan fingerprint density at radius 2 is 2.05 bits per heavy atom. The summed E-state index contributed by atoms with van der Waals surface area (Å²) >= 11 is 9.36. The smallest absolute Gasteiger partial charge is 0.132 e. The lowest BCUT2D eigenvalue weighted by Crippen LogP contribution is -2.08. The summed E-state index contributed by atoms with van der Waals surface area (Å²) in [4.78, 5) is 0. The maximum atomic E-state index is 5.89. The molecule has 1 aromatic heterocycles. The predicted molar refractivity (Wildman–Crippen MR) is 89.9 cm³/mol. The molecular formula is C16H20BrClN2O. The Hall–Kier alpha value is -1.00. The van der Waals surface area contributed by atoms with Gasteiger partial charge in [-0.25, -0.2) is 0 Å². The zero-order valence-corrected chi connectivity index (χ0v) is 14.7. The number of hydrogen-bond donors (Lipinski definition) is 0. The predicted octanol–water partition coefficient (Wildman–Crippen LogP) is 5.32. The lowest BCUT2D eigenvalue weighted by Gasteiger charge is -2.12. The number of rotatable bonds is 7. The Morgan fingerprint density at radius 3 is 2.71 bits per heavy atom.